The number of aliphatic hydroxyl groups excluding tert-OH is 1. The van der Waals surface area contributed by atoms with Crippen molar-refractivity contribution in [1.29, 1.82) is 0 Å². The Balaban J connectivity index is 0.000000631. The minimum atomic E-state index is -1.82. The molecule has 0 amide bonds. The average Bonchev–Trinajstić information content (AvgIpc) is 2.92. The van der Waals surface area contributed by atoms with Crippen LogP contribution >= 0.6 is 11.6 Å². The number of β-amino-alcohol motifs (C(OH)–C–C–N with tert-alkyl or cyclic N) is 1. The summed E-state index contributed by atoms with van der Waals surface area (Å²) in [5.74, 6) is -2.78. The molecule has 0 bridgehead atoms. The van der Waals surface area contributed by atoms with Crippen molar-refractivity contribution in [1.82, 2.24) is 15.2 Å². The van der Waals surface area contributed by atoms with Gasteiger partial charge in [0.2, 0.25) is 0 Å². The Kier molecular flexibility index (Phi) is 11.2. The molecule has 1 saturated heterocycles. The molecule has 3 aromatic rings. The van der Waals surface area contributed by atoms with Crippen molar-refractivity contribution in [2.45, 2.75) is 25.0 Å². The van der Waals surface area contributed by atoms with Gasteiger partial charge in [0.15, 0.2) is 0 Å². The van der Waals surface area contributed by atoms with Crippen LogP contribution in [0.3, 0.4) is 0 Å². The summed E-state index contributed by atoms with van der Waals surface area (Å²) in [6, 6.07) is 12.1. The van der Waals surface area contributed by atoms with Crippen LogP contribution in [0.15, 0.2) is 48.7 Å². The topological polar surface area (TPSA) is 141 Å². The largest absolute Gasteiger partial charge is 0.497 e. The van der Waals surface area contributed by atoms with Gasteiger partial charge in [0.05, 0.1) is 23.8 Å². The number of rotatable bonds is 9. The van der Waals surface area contributed by atoms with Crippen LogP contribution in [0.2, 0.25) is 5.02 Å². The average molecular weight is 564 g/mol. The second kappa shape index (κ2) is 14.6. The van der Waals surface area contributed by atoms with Crippen LogP contribution in [-0.4, -0.2) is 83.1 Å². The highest BCUT2D eigenvalue weighted by atomic mass is 35.5. The van der Waals surface area contributed by atoms with E-state index in [9.17, 15) is 9.50 Å². The van der Waals surface area contributed by atoms with Gasteiger partial charge in [-0.25, -0.2) is 14.0 Å². The van der Waals surface area contributed by atoms with Crippen molar-refractivity contribution >= 4 is 34.4 Å². The summed E-state index contributed by atoms with van der Waals surface area (Å²) in [5.41, 5.74) is 1.72. The number of methoxy groups -OCH3 is 1. The van der Waals surface area contributed by atoms with Gasteiger partial charge in [-0.15, -0.1) is 0 Å². The minimum Gasteiger partial charge on any atom is -0.497 e. The van der Waals surface area contributed by atoms with Gasteiger partial charge in [-0.1, -0.05) is 11.6 Å². The van der Waals surface area contributed by atoms with E-state index in [1.54, 1.807) is 19.4 Å². The van der Waals surface area contributed by atoms with Crippen LogP contribution in [0.25, 0.3) is 10.9 Å². The number of halogens is 2. The summed E-state index contributed by atoms with van der Waals surface area (Å²) >= 11 is 5.99. The van der Waals surface area contributed by atoms with Crippen LogP contribution < -0.4 is 14.8 Å². The maximum atomic E-state index is 13.1. The highest BCUT2D eigenvalue weighted by Crippen LogP contribution is 2.28. The summed E-state index contributed by atoms with van der Waals surface area (Å²) < 4.78 is 24.1. The Morgan fingerprint density at radius 1 is 1.15 bits per heavy atom. The van der Waals surface area contributed by atoms with Crippen molar-refractivity contribution in [3.8, 4) is 11.5 Å². The minimum absolute atomic E-state index is 0.280. The Morgan fingerprint density at radius 2 is 1.87 bits per heavy atom. The predicted molar refractivity (Wildman–Crippen MR) is 143 cm³/mol. The van der Waals surface area contributed by atoms with Crippen molar-refractivity contribution in [3.05, 3.63) is 65.1 Å². The molecule has 0 spiro atoms. The Labute approximate surface area is 229 Å². The summed E-state index contributed by atoms with van der Waals surface area (Å²) in [7, 11) is 1.63. The van der Waals surface area contributed by atoms with Crippen molar-refractivity contribution in [3.63, 3.8) is 0 Å². The lowest BCUT2D eigenvalue weighted by Gasteiger charge is -2.33. The highest BCUT2D eigenvalue weighted by molar-refractivity contribution is 6.32. The molecule has 0 saturated carbocycles. The van der Waals surface area contributed by atoms with Gasteiger partial charge in [-0.05, 0) is 74.0 Å². The van der Waals surface area contributed by atoms with E-state index >= 15 is 0 Å². The zero-order valence-electron chi connectivity index (χ0n) is 21.3. The summed E-state index contributed by atoms with van der Waals surface area (Å²) in [5, 5.41) is 30.4. The second-order valence-corrected chi connectivity index (χ2v) is 9.27. The van der Waals surface area contributed by atoms with Crippen LogP contribution in [0.1, 0.15) is 24.5 Å². The van der Waals surface area contributed by atoms with Crippen LogP contribution in [0.5, 0.6) is 11.5 Å². The monoisotopic (exact) mass is 563 g/mol. The van der Waals surface area contributed by atoms with Crippen LogP contribution in [0.4, 0.5) is 4.39 Å². The van der Waals surface area contributed by atoms with Gasteiger partial charge in [-0.3, -0.25) is 4.98 Å². The van der Waals surface area contributed by atoms with Crippen molar-refractivity contribution in [2.24, 2.45) is 0 Å². The number of hydrogen-bond acceptors (Lipinski definition) is 8. The number of carboxylic acids is 2. The van der Waals surface area contributed by atoms with Gasteiger partial charge in [0, 0.05) is 30.7 Å². The molecular formula is C27H31ClFN3O7. The van der Waals surface area contributed by atoms with E-state index in [1.165, 1.54) is 12.1 Å². The van der Waals surface area contributed by atoms with Gasteiger partial charge >= 0.3 is 11.9 Å². The summed E-state index contributed by atoms with van der Waals surface area (Å²) in [6.07, 6.45) is 3.13. The number of aromatic nitrogens is 1. The predicted octanol–water partition coefficient (Wildman–Crippen LogP) is 3.36. The molecule has 0 radical (unpaired) electrons. The maximum Gasteiger partial charge on any atom is 0.414 e. The molecule has 4 rings (SSSR count). The highest BCUT2D eigenvalue weighted by Gasteiger charge is 2.22. The summed E-state index contributed by atoms with van der Waals surface area (Å²) in [4.78, 5) is 24.9. The third-order valence-electron chi connectivity index (χ3n) is 6.23. The second-order valence-electron chi connectivity index (χ2n) is 8.86. The fraction of sp³-hybridized carbons (Fsp3) is 0.370. The van der Waals surface area contributed by atoms with Crippen LogP contribution in [-0.2, 0) is 9.59 Å². The number of pyridine rings is 1. The number of benzene rings is 2. The number of aliphatic carboxylic acids is 2. The molecule has 0 unspecified atom stereocenters. The number of likely N-dealkylation sites (tertiary alicyclic amines) is 1. The Morgan fingerprint density at radius 3 is 2.51 bits per heavy atom. The lowest BCUT2D eigenvalue weighted by atomic mass is 10.0. The molecule has 0 aliphatic carbocycles. The molecule has 2 aromatic carbocycles. The van der Waals surface area contributed by atoms with E-state index < -0.39 is 18.0 Å². The number of ether oxygens (including phenoxy) is 2. The third-order valence-corrected chi connectivity index (χ3v) is 6.53. The number of nitrogens with zero attached hydrogens (tertiary/aromatic N) is 2. The first-order chi connectivity index (χ1) is 18.7. The lowest BCUT2D eigenvalue weighted by Crippen LogP contribution is -2.44. The molecular weight excluding hydrogens is 533 g/mol. The number of aliphatic hydroxyl groups is 1. The van der Waals surface area contributed by atoms with E-state index in [2.05, 4.69) is 15.2 Å². The van der Waals surface area contributed by atoms with Gasteiger partial charge < -0.3 is 35.0 Å². The smallest absolute Gasteiger partial charge is 0.414 e. The SMILES string of the molecule is COc1ccc2nccc([C@@H](O)CN3CCC(NCCOc4ccc(F)cc4Cl)CC3)c2c1.O=C(O)C(=O)O. The van der Waals surface area contributed by atoms with Gasteiger partial charge in [0.25, 0.3) is 0 Å². The first-order valence-electron chi connectivity index (χ1n) is 12.3. The summed E-state index contributed by atoms with van der Waals surface area (Å²) in [6.45, 7) is 3.54. The van der Waals surface area contributed by atoms with E-state index in [0.29, 0.717) is 31.5 Å². The van der Waals surface area contributed by atoms with E-state index in [1.807, 2.05) is 24.3 Å². The zero-order valence-corrected chi connectivity index (χ0v) is 22.1. The molecule has 1 atom stereocenters. The first kappa shape index (κ1) is 30.0. The Bertz CT molecular complexity index is 1260. The number of carbonyl (C=O) groups is 2. The van der Waals surface area contributed by atoms with Gasteiger partial charge in [0.1, 0.15) is 23.9 Å². The van der Waals surface area contributed by atoms with Crippen LogP contribution in [0, 0.1) is 5.82 Å². The fourth-order valence-corrected chi connectivity index (χ4v) is 4.46. The molecule has 10 nitrogen and oxygen atoms in total. The molecule has 1 aromatic heterocycles. The first-order valence-corrected chi connectivity index (χ1v) is 12.7. The molecule has 210 valence electrons. The zero-order chi connectivity index (χ0) is 28.4. The van der Waals surface area contributed by atoms with E-state index in [4.69, 9.17) is 40.9 Å². The molecule has 1 aliphatic rings. The molecule has 1 fully saturated rings. The number of piperidine rings is 1. The van der Waals surface area contributed by atoms with Gasteiger partial charge in [-0.2, -0.15) is 0 Å². The number of hydrogen-bond donors (Lipinski definition) is 4. The standard InChI is InChI=1S/C25H29ClFN3O3.C2H2O4/c1-32-19-3-4-23-21(15-19)20(6-9-29-23)24(31)16-30-11-7-18(8-12-30)28-10-13-33-25-5-2-17(27)14-22(25)26;3-1(4)2(5)6/h2-6,9,14-15,18,24,28,31H,7-8,10-13,16H2,1H3;(H,3,4)(H,5,6)/t24-;/m0./s1. The maximum absolute atomic E-state index is 13.1. The lowest BCUT2D eigenvalue weighted by molar-refractivity contribution is -0.159. The number of nitrogens with one attached hydrogen (secondary N) is 1. The fourth-order valence-electron chi connectivity index (χ4n) is 4.24. The van der Waals surface area contributed by atoms with Crippen molar-refractivity contribution < 1.29 is 38.8 Å². The quantitative estimate of drug-likeness (QED) is 0.226. The molecule has 39 heavy (non-hydrogen) atoms. The third kappa shape index (κ3) is 9.03. The van der Waals surface area contributed by atoms with E-state index in [0.717, 1.165) is 48.1 Å². The number of carboxylic acid groups (broad SMARTS) is 2. The Hall–Kier alpha value is -3.51. The molecule has 4 N–H and O–H groups in total. The molecule has 12 heteroatoms. The molecule has 1 aliphatic heterocycles. The normalized spacial score (nSPS) is 14.8. The number of fused-ring (bicyclic) bond motifs is 1. The van der Waals surface area contributed by atoms with Crippen molar-refractivity contribution in [2.75, 3.05) is 39.9 Å². The molecule has 2 heterocycles. The van der Waals surface area contributed by atoms with E-state index in [-0.39, 0.29) is 10.8 Å².